The van der Waals surface area contributed by atoms with Crippen molar-refractivity contribution in [3.8, 4) is 5.75 Å². The Bertz CT molecular complexity index is 717. The average Bonchev–Trinajstić information content (AvgIpc) is 2.59. The number of hydrogen-bond donors (Lipinski definition) is 1. The third-order valence-corrected chi connectivity index (χ3v) is 3.68. The van der Waals surface area contributed by atoms with Gasteiger partial charge in [-0.2, -0.15) is 0 Å². The topological polar surface area (TPSA) is 55.4 Å². The molecule has 0 aliphatic heterocycles. The lowest BCUT2D eigenvalue weighted by Gasteiger charge is -2.16. The molecule has 0 aliphatic rings. The van der Waals surface area contributed by atoms with Gasteiger partial charge in [-0.15, -0.1) is 0 Å². The Morgan fingerprint density at radius 3 is 2.40 bits per heavy atom. The Hall–Kier alpha value is -2.46. The number of nitrogens with one attached hydrogen (secondary N) is 1. The highest BCUT2D eigenvalue weighted by molar-refractivity contribution is 5.96. The van der Waals surface area contributed by atoms with Gasteiger partial charge in [-0.1, -0.05) is 42.5 Å². The zero-order chi connectivity index (χ0) is 18.3. The standard InChI is InChI=1S/C21H25NO3/c1-21(2,3)20(24)25-18-11-7-10-17(14-18)19(23)12-13-22-15-16-8-5-4-6-9-16/h4-11,14,22H,12-13,15H2,1-3H3. The summed E-state index contributed by atoms with van der Waals surface area (Å²) in [6.07, 6.45) is 0.392. The molecule has 0 atom stereocenters. The molecular weight excluding hydrogens is 314 g/mol. The second-order valence-corrected chi connectivity index (χ2v) is 7.00. The molecule has 2 aromatic carbocycles. The van der Waals surface area contributed by atoms with Gasteiger partial charge in [-0.05, 0) is 38.5 Å². The second-order valence-electron chi connectivity index (χ2n) is 7.00. The number of benzene rings is 2. The van der Waals surface area contributed by atoms with E-state index in [-0.39, 0.29) is 11.8 Å². The molecule has 0 amide bonds. The van der Waals surface area contributed by atoms with Gasteiger partial charge in [0.05, 0.1) is 5.41 Å². The minimum atomic E-state index is -0.582. The fourth-order valence-corrected chi connectivity index (χ4v) is 2.17. The van der Waals surface area contributed by atoms with Crippen LogP contribution in [0.3, 0.4) is 0 Å². The van der Waals surface area contributed by atoms with E-state index in [4.69, 9.17) is 4.74 Å². The maximum Gasteiger partial charge on any atom is 0.316 e. The van der Waals surface area contributed by atoms with Gasteiger partial charge in [-0.3, -0.25) is 9.59 Å². The Kier molecular flexibility index (Phi) is 6.48. The first-order chi connectivity index (χ1) is 11.9. The summed E-state index contributed by atoms with van der Waals surface area (Å²) in [6, 6.07) is 16.8. The first kappa shape index (κ1) is 18.9. The van der Waals surface area contributed by atoms with Crippen LogP contribution in [0.4, 0.5) is 0 Å². The molecule has 0 aromatic heterocycles. The number of hydrogen-bond acceptors (Lipinski definition) is 4. The van der Waals surface area contributed by atoms with Gasteiger partial charge in [-0.25, -0.2) is 0 Å². The minimum absolute atomic E-state index is 0.0224. The van der Waals surface area contributed by atoms with Crippen LogP contribution < -0.4 is 10.1 Å². The van der Waals surface area contributed by atoms with E-state index in [1.165, 1.54) is 5.56 Å². The molecule has 0 fully saturated rings. The van der Waals surface area contributed by atoms with E-state index < -0.39 is 5.41 Å². The molecule has 132 valence electrons. The lowest BCUT2D eigenvalue weighted by Crippen LogP contribution is -2.25. The summed E-state index contributed by atoms with van der Waals surface area (Å²) in [4.78, 5) is 24.3. The molecule has 0 saturated heterocycles. The van der Waals surface area contributed by atoms with Crippen LogP contribution in [-0.4, -0.2) is 18.3 Å². The number of Topliss-reactive ketones (excluding diaryl/α,β-unsaturated/α-hetero) is 1. The van der Waals surface area contributed by atoms with Gasteiger partial charge in [0.25, 0.3) is 0 Å². The molecule has 0 bridgehead atoms. The van der Waals surface area contributed by atoms with E-state index >= 15 is 0 Å². The highest BCUT2D eigenvalue weighted by atomic mass is 16.5. The predicted octanol–water partition coefficient (Wildman–Crippen LogP) is 4.00. The predicted molar refractivity (Wildman–Crippen MR) is 98.6 cm³/mol. The van der Waals surface area contributed by atoms with Gasteiger partial charge in [0.15, 0.2) is 5.78 Å². The largest absolute Gasteiger partial charge is 0.426 e. The van der Waals surface area contributed by atoms with Crippen molar-refractivity contribution >= 4 is 11.8 Å². The zero-order valence-electron chi connectivity index (χ0n) is 15.0. The highest BCUT2D eigenvalue weighted by Gasteiger charge is 2.23. The van der Waals surface area contributed by atoms with Crippen LogP contribution >= 0.6 is 0 Å². The maximum atomic E-state index is 12.3. The molecule has 2 rings (SSSR count). The van der Waals surface area contributed by atoms with Crippen molar-refractivity contribution in [3.05, 3.63) is 65.7 Å². The summed E-state index contributed by atoms with van der Waals surface area (Å²) in [6.45, 7) is 6.71. The molecule has 4 nitrogen and oxygen atoms in total. The highest BCUT2D eigenvalue weighted by Crippen LogP contribution is 2.20. The summed E-state index contributed by atoms with van der Waals surface area (Å²) in [5.41, 5.74) is 1.16. The van der Waals surface area contributed by atoms with Crippen LogP contribution in [0, 0.1) is 5.41 Å². The van der Waals surface area contributed by atoms with Crippen molar-refractivity contribution in [1.29, 1.82) is 0 Å². The Balaban J connectivity index is 1.85. The SMILES string of the molecule is CC(C)(C)C(=O)Oc1cccc(C(=O)CCNCc2ccccc2)c1. The fourth-order valence-electron chi connectivity index (χ4n) is 2.17. The number of carbonyl (C=O) groups is 2. The molecule has 1 N–H and O–H groups in total. The summed E-state index contributed by atoms with van der Waals surface area (Å²) in [5.74, 6) is 0.110. The molecular formula is C21H25NO3. The van der Waals surface area contributed by atoms with Crippen LogP contribution in [0.25, 0.3) is 0 Å². The van der Waals surface area contributed by atoms with Gasteiger partial charge < -0.3 is 10.1 Å². The molecule has 25 heavy (non-hydrogen) atoms. The van der Waals surface area contributed by atoms with Gasteiger partial charge in [0, 0.05) is 25.1 Å². The van der Waals surface area contributed by atoms with Crippen molar-refractivity contribution in [2.45, 2.75) is 33.7 Å². The molecule has 0 unspecified atom stereocenters. The molecule has 0 saturated carbocycles. The Morgan fingerprint density at radius 1 is 1.00 bits per heavy atom. The minimum Gasteiger partial charge on any atom is -0.426 e. The molecule has 0 heterocycles. The van der Waals surface area contributed by atoms with E-state index in [1.54, 1.807) is 45.0 Å². The van der Waals surface area contributed by atoms with E-state index in [1.807, 2.05) is 30.3 Å². The fraction of sp³-hybridized carbons (Fsp3) is 0.333. The first-order valence-corrected chi connectivity index (χ1v) is 8.46. The summed E-state index contributed by atoms with van der Waals surface area (Å²) >= 11 is 0. The lowest BCUT2D eigenvalue weighted by atomic mass is 9.97. The van der Waals surface area contributed by atoms with Crippen LogP contribution in [0.15, 0.2) is 54.6 Å². The van der Waals surface area contributed by atoms with Crippen molar-refractivity contribution < 1.29 is 14.3 Å². The summed E-state index contributed by atoms with van der Waals surface area (Å²) in [5, 5.41) is 3.26. The lowest BCUT2D eigenvalue weighted by molar-refractivity contribution is -0.143. The molecule has 2 aromatic rings. The van der Waals surface area contributed by atoms with Crippen molar-refractivity contribution in [2.75, 3.05) is 6.54 Å². The molecule has 4 heteroatoms. The van der Waals surface area contributed by atoms with Crippen molar-refractivity contribution in [3.63, 3.8) is 0 Å². The van der Waals surface area contributed by atoms with Crippen LogP contribution in [0.5, 0.6) is 5.75 Å². The molecule has 0 spiro atoms. The normalized spacial score (nSPS) is 11.2. The van der Waals surface area contributed by atoms with E-state index in [0.717, 1.165) is 6.54 Å². The molecule has 0 aliphatic carbocycles. The first-order valence-electron chi connectivity index (χ1n) is 8.46. The summed E-state index contributed by atoms with van der Waals surface area (Å²) in [7, 11) is 0. The third-order valence-electron chi connectivity index (χ3n) is 3.68. The maximum absolute atomic E-state index is 12.3. The van der Waals surface area contributed by atoms with Gasteiger partial charge >= 0.3 is 5.97 Å². The van der Waals surface area contributed by atoms with Crippen LogP contribution in [0.2, 0.25) is 0 Å². The quantitative estimate of drug-likeness (QED) is 0.358. The Labute approximate surface area is 149 Å². The van der Waals surface area contributed by atoms with E-state index in [9.17, 15) is 9.59 Å². The number of ether oxygens (including phenoxy) is 1. The van der Waals surface area contributed by atoms with E-state index in [0.29, 0.717) is 24.3 Å². The van der Waals surface area contributed by atoms with Crippen molar-refractivity contribution in [1.82, 2.24) is 5.32 Å². The van der Waals surface area contributed by atoms with Crippen LogP contribution in [0.1, 0.15) is 43.1 Å². The number of ketones is 1. The van der Waals surface area contributed by atoms with Crippen molar-refractivity contribution in [2.24, 2.45) is 5.41 Å². The number of rotatable bonds is 7. The monoisotopic (exact) mass is 339 g/mol. The molecule has 0 radical (unpaired) electrons. The number of esters is 1. The van der Waals surface area contributed by atoms with Gasteiger partial charge in [0.2, 0.25) is 0 Å². The summed E-state index contributed by atoms with van der Waals surface area (Å²) < 4.78 is 5.35. The Morgan fingerprint density at radius 2 is 1.72 bits per heavy atom. The van der Waals surface area contributed by atoms with Gasteiger partial charge in [0.1, 0.15) is 5.75 Å². The zero-order valence-corrected chi connectivity index (χ0v) is 15.0. The third kappa shape index (κ3) is 6.16. The average molecular weight is 339 g/mol. The number of carbonyl (C=O) groups excluding carboxylic acids is 2. The second kappa shape index (κ2) is 8.58. The van der Waals surface area contributed by atoms with Crippen LogP contribution in [-0.2, 0) is 11.3 Å². The van der Waals surface area contributed by atoms with E-state index in [2.05, 4.69) is 5.32 Å². The smallest absolute Gasteiger partial charge is 0.316 e.